The normalized spacial score (nSPS) is 19.5. The van der Waals surface area contributed by atoms with E-state index in [2.05, 4.69) is 32.0 Å². The summed E-state index contributed by atoms with van der Waals surface area (Å²) in [4.78, 5) is 14.9. The van der Waals surface area contributed by atoms with Crippen LogP contribution in [0.2, 0.25) is 0 Å². The fourth-order valence-electron chi connectivity index (χ4n) is 3.53. The van der Waals surface area contributed by atoms with Crippen molar-refractivity contribution in [1.82, 2.24) is 10.2 Å². The van der Waals surface area contributed by atoms with Gasteiger partial charge >= 0.3 is 0 Å². The molecule has 1 N–H and O–H groups in total. The monoisotopic (exact) mass is 338 g/mol. The van der Waals surface area contributed by atoms with Crippen molar-refractivity contribution in [2.45, 2.75) is 32.6 Å². The Balaban J connectivity index is 2.14. The summed E-state index contributed by atoms with van der Waals surface area (Å²) < 4.78 is 0. The summed E-state index contributed by atoms with van der Waals surface area (Å²) in [5, 5.41) is 3.21. The van der Waals surface area contributed by atoms with E-state index in [4.69, 9.17) is 0 Å². The van der Waals surface area contributed by atoms with Crippen LogP contribution in [0.25, 0.3) is 5.57 Å². The van der Waals surface area contributed by atoms with Crippen molar-refractivity contribution >= 4 is 11.5 Å². The number of rotatable bonds is 8. The number of likely N-dealkylation sites (tertiary alicyclic amines) is 1. The van der Waals surface area contributed by atoms with Gasteiger partial charge in [-0.1, -0.05) is 38.3 Å². The van der Waals surface area contributed by atoms with Crippen LogP contribution in [0.4, 0.5) is 0 Å². The van der Waals surface area contributed by atoms with Crippen molar-refractivity contribution < 1.29 is 4.79 Å². The van der Waals surface area contributed by atoms with Crippen molar-refractivity contribution in [2.75, 3.05) is 20.1 Å². The largest absolute Gasteiger partial charge is 0.391 e. The maximum Gasteiger partial charge on any atom is 0.253 e. The Kier molecular flexibility index (Phi) is 6.24. The van der Waals surface area contributed by atoms with E-state index in [0.29, 0.717) is 6.54 Å². The third-order valence-corrected chi connectivity index (χ3v) is 5.38. The minimum atomic E-state index is -0.0605. The highest BCUT2D eigenvalue weighted by atomic mass is 16.2. The summed E-state index contributed by atoms with van der Waals surface area (Å²) in [6, 6.07) is 7.81. The van der Waals surface area contributed by atoms with Crippen molar-refractivity contribution in [2.24, 2.45) is 5.41 Å². The van der Waals surface area contributed by atoms with Gasteiger partial charge in [0.1, 0.15) is 0 Å². The molecule has 0 saturated carbocycles. The van der Waals surface area contributed by atoms with Gasteiger partial charge in [0.2, 0.25) is 0 Å². The van der Waals surface area contributed by atoms with Crippen LogP contribution >= 0.6 is 0 Å². The second kappa shape index (κ2) is 8.19. The van der Waals surface area contributed by atoms with Gasteiger partial charge in [-0.2, -0.15) is 0 Å². The fraction of sp³-hybridized carbons (Fsp3) is 0.409. The molecule has 0 spiro atoms. The molecule has 1 atom stereocenters. The smallest absolute Gasteiger partial charge is 0.253 e. The number of nitrogens with one attached hydrogen (secondary N) is 1. The second-order valence-electron chi connectivity index (χ2n) is 6.85. The second-order valence-corrected chi connectivity index (χ2v) is 6.85. The molecule has 1 amide bonds. The van der Waals surface area contributed by atoms with Crippen LogP contribution in [0.3, 0.4) is 0 Å². The van der Waals surface area contributed by atoms with Gasteiger partial charge in [0, 0.05) is 36.8 Å². The average molecular weight is 338 g/mol. The molecule has 0 bridgehead atoms. The minimum absolute atomic E-state index is 0.0605. The van der Waals surface area contributed by atoms with E-state index in [1.807, 2.05) is 42.3 Å². The minimum Gasteiger partial charge on any atom is -0.391 e. The molecule has 1 aliphatic heterocycles. The first kappa shape index (κ1) is 19.0. The zero-order valence-electron chi connectivity index (χ0n) is 15.6. The molecular formula is C22H30N2O. The van der Waals surface area contributed by atoms with Crippen molar-refractivity contribution in [3.8, 4) is 0 Å². The maximum absolute atomic E-state index is 12.9. The first-order valence-electron chi connectivity index (χ1n) is 9.03. The van der Waals surface area contributed by atoms with Crippen LogP contribution < -0.4 is 5.32 Å². The number of hydrogen-bond donors (Lipinski definition) is 1. The first-order valence-corrected chi connectivity index (χ1v) is 9.03. The lowest BCUT2D eigenvalue weighted by atomic mass is 9.79. The molecular weight excluding hydrogens is 308 g/mol. The molecule has 25 heavy (non-hydrogen) atoms. The van der Waals surface area contributed by atoms with E-state index in [1.54, 1.807) is 0 Å². The van der Waals surface area contributed by atoms with Crippen molar-refractivity contribution in [3.63, 3.8) is 0 Å². The molecule has 0 radical (unpaired) electrons. The van der Waals surface area contributed by atoms with Gasteiger partial charge in [-0.15, -0.1) is 6.58 Å². The zero-order chi connectivity index (χ0) is 18.4. The molecule has 1 aliphatic rings. The number of carbonyl (C=O) groups is 1. The Hall–Kier alpha value is -2.29. The maximum atomic E-state index is 12.9. The van der Waals surface area contributed by atoms with Crippen LogP contribution in [0.15, 0.2) is 55.8 Å². The first-order chi connectivity index (χ1) is 12.0. The summed E-state index contributed by atoms with van der Waals surface area (Å²) >= 11 is 0. The van der Waals surface area contributed by atoms with Gasteiger partial charge in [0.25, 0.3) is 5.91 Å². The van der Waals surface area contributed by atoms with E-state index >= 15 is 0 Å². The molecule has 1 saturated heterocycles. The predicted octanol–water partition coefficient (Wildman–Crippen LogP) is 4.64. The third kappa shape index (κ3) is 4.04. The topological polar surface area (TPSA) is 32.3 Å². The fourth-order valence-corrected chi connectivity index (χ4v) is 3.53. The quantitative estimate of drug-likeness (QED) is 0.700. The van der Waals surface area contributed by atoms with Crippen LogP contribution in [-0.4, -0.2) is 30.9 Å². The molecule has 2 rings (SSSR count). The number of benzene rings is 1. The van der Waals surface area contributed by atoms with Gasteiger partial charge in [-0.3, -0.25) is 4.79 Å². The molecule has 0 aliphatic carbocycles. The molecule has 1 aromatic carbocycles. The van der Waals surface area contributed by atoms with Crippen molar-refractivity contribution in [3.05, 3.63) is 66.9 Å². The molecule has 3 heteroatoms. The summed E-state index contributed by atoms with van der Waals surface area (Å²) in [6.45, 7) is 15.6. The highest BCUT2D eigenvalue weighted by Gasteiger charge is 2.41. The van der Waals surface area contributed by atoms with Gasteiger partial charge in [-0.25, -0.2) is 0 Å². The predicted molar refractivity (Wildman–Crippen MR) is 106 cm³/mol. The zero-order valence-corrected chi connectivity index (χ0v) is 15.6. The Morgan fingerprint density at radius 3 is 2.48 bits per heavy atom. The number of nitrogens with zero attached hydrogens (tertiary/aromatic N) is 1. The van der Waals surface area contributed by atoms with E-state index in [0.717, 1.165) is 54.6 Å². The van der Waals surface area contributed by atoms with Crippen LogP contribution in [0, 0.1) is 5.41 Å². The summed E-state index contributed by atoms with van der Waals surface area (Å²) in [5.74, 6) is 0.0954. The number of amides is 1. The average Bonchev–Trinajstić information content (AvgIpc) is 3.10. The molecule has 1 heterocycles. The third-order valence-electron chi connectivity index (χ3n) is 5.38. The Labute approximate surface area is 152 Å². The van der Waals surface area contributed by atoms with Gasteiger partial charge in [0.15, 0.2) is 0 Å². The summed E-state index contributed by atoms with van der Waals surface area (Å²) in [6.07, 6.45) is 5.69. The van der Waals surface area contributed by atoms with Gasteiger partial charge in [-0.05, 0) is 49.0 Å². The summed E-state index contributed by atoms with van der Waals surface area (Å²) in [7, 11) is 1.90. The van der Waals surface area contributed by atoms with Crippen molar-refractivity contribution in [1.29, 1.82) is 0 Å². The Morgan fingerprint density at radius 2 is 1.92 bits per heavy atom. The van der Waals surface area contributed by atoms with Crippen LogP contribution in [0.5, 0.6) is 0 Å². The van der Waals surface area contributed by atoms with Gasteiger partial charge in [0.05, 0.1) is 0 Å². The molecule has 1 aromatic rings. The lowest BCUT2D eigenvalue weighted by molar-refractivity contribution is 0.0776. The highest BCUT2D eigenvalue weighted by Crippen LogP contribution is 2.40. The number of carbonyl (C=O) groups excluding carboxylic acids is 1. The summed E-state index contributed by atoms with van der Waals surface area (Å²) in [5.41, 5.74) is 3.88. The van der Waals surface area contributed by atoms with Gasteiger partial charge < -0.3 is 10.2 Å². The van der Waals surface area contributed by atoms with E-state index in [-0.39, 0.29) is 11.3 Å². The Bertz CT molecular complexity index is 659. The van der Waals surface area contributed by atoms with Crippen LogP contribution in [-0.2, 0) is 0 Å². The molecule has 134 valence electrons. The molecule has 3 nitrogen and oxygen atoms in total. The van der Waals surface area contributed by atoms with E-state index < -0.39 is 0 Å². The molecule has 1 fully saturated rings. The Morgan fingerprint density at radius 1 is 1.28 bits per heavy atom. The van der Waals surface area contributed by atoms with E-state index in [9.17, 15) is 4.79 Å². The van der Waals surface area contributed by atoms with Crippen LogP contribution in [0.1, 0.15) is 48.5 Å². The lowest BCUT2D eigenvalue weighted by Gasteiger charge is -2.31. The highest BCUT2D eigenvalue weighted by molar-refractivity contribution is 5.94. The molecule has 0 aromatic heterocycles. The lowest BCUT2D eigenvalue weighted by Crippen LogP contribution is -2.35. The number of hydrogen-bond acceptors (Lipinski definition) is 2. The SMILES string of the molecule is C=CCCC1(C(=C)NC)CCN(C(=O)c2ccc(C(=C)CC)cc2)C1. The number of allylic oxidation sites excluding steroid dienone is 2. The molecule has 1 unspecified atom stereocenters. The van der Waals surface area contributed by atoms with E-state index in [1.165, 1.54) is 0 Å². The standard InChI is InChI=1S/C22H30N2O/c1-6-8-13-22(18(4)23-5)14-15-24(16-22)21(25)20-11-9-19(10-12-20)17(3)7-2/h6,9-12,23H,1,3-4,7-8,13-16H2,2,5H3.